The molecule has 75 heavy (non-hydrogen) atoms. The number of aromatic nitrogens is 2. The fraction of sp³-hybridized carbons (Fsp3) is 0.491. The van der Waals surface area contributed by atoms with E-state index in [-0.39, 0.29) is 35.8 Å². The summed E-state index contributed by atoms with van der Waals surface area (Å²) in [6.45, 7) is 6.44. The predicted octanol–water partition coefficient (Wildman–Crippen LogP) is 5.86. The Bertz CT molecular complexity index is 2560. The first kappa shape index (κ1) is 57.0. The van der Waals surface area contributed by atoms with Gasteiger partial charge in [0, 0.05) is 31.5 Å². The van der Waals surface area contributed by atoms with Gasteiger partial charge in [-0.3, -0.25) is 9.59 Å². The second kappa shape index (κ2) is 27.8. The molecule has 2 amide bonds. The van der Waals surface area contributed by atoms with Gasteiger partial charge in [-0.2, -0.15) is 4.57 Å². The zero-order valence-electron chi connectivity index (χ0n) is 42.8. The van der Waals surface area contributed by atoms with Crippen molar-refractivity contribution in [3.05, 3.63) is 96.1 Å². The number of amides is 2. The Labute approximate surface area is 433 Å². The monoisotopic (exact) mass is 1050 g/mol. The lowest BCUT2D eigenvalue weighted by molar-refractivity contribution is -0.688. The second-order valence-corrected chi connectivity index (χ2v) is 17.8. The van der Waals surface area contributed by atoms with Crippen molar-refractivity contribution >= 4 is 29.7 Å². The molecule has 8 unspecified atom stereocenters. The number of benzene rings is 2. The average Bonchev–Trinajstić information content (AvgIpc) is 3.47. The molecule has 20 nitrogen and oxygen atoms in total. The van der Waals surface area contributed by atoms with Gasteiger partial charge in [0.1, 0.15) is 59.6 Å². The molecule has 0 radical (unpaired) electrons. The molecule has 8 atom stereocenters. The maximum Gasteiger partial charge on any atom is 0.375 e. The second-order valence-electron chi connectivity index (χ2n) is 17.8. The van der Waals surface area contributed by atoms with E-state index in [9.17, 15) is 37.9 Å². The number of nitrogens with one attached hydrogen (secondary N) is 2. The van der Waals surface area contributed by atoms with Crippen LogP contribution in [0.4, 0.5) is 8.78 Å². The van der Waals surface area contributed by atoms with Crippen LogP contribution in [0.3, 0.4) is 0 Å². The summed E-state index contributed by atoms with van der Waals surface area (Å²) >= 11 is 0. The SMILES string of the molecule is CCCOC1CCCC(NC(=O)c2nccc(OC)c2OCOC(=O)C[n+]2ccc(OC)c(O)c2C(=O)NC2CCCC(Oc3ccc(F)cc3)C(OCCC)C(C)OC2=O)C(=O)OC(C)C1Oc1ccc(F)cc1. The van der Waals surface area contributed by atoms with E-state index in [2.05, 4.69) is 15.6 Å². The van der Waals surface area contributed by atoms with E-state index in [0.29, 0.717) is 56.8 Å². The number of halogens is 2. The average molecular weight is 1050 g/mol. The Morgan fingerprint density at radius 3 is 1.88 bits per heavy atom. The highest BCUT2D eigenvalue weighted by Crippen LogP contribution is 2.32. The number of rotatable bonds is 21. The van der Waals surface area contributed by atoms with Gasteiger partial charge < -0.3 is 63.1 Å². The minimum Gasteiger partial charge on any atom is -0.500 e. The van der Waals surface area contributed by atoms with Gasteiger partial charge in [-0.15, -0.1) is 0 Å². The van der Waals surface area contributed by atoms with Gasteiger partial charge in [-0.05, 0) is 114 Å². The number of pyridine rings is 2. The van der Waals surface area contributed by atoms with E-state index < -0.39 is 115 Å². The minimum atomic E-state index is -1.22. The van der Waals surface area contributed by atoms with Gasteiger partial charge in [0.25, 0.3) is 5.91 Å². The molecule has 4 heterocycles. The lowest BCUT2D eigenvalue weighted by Gasteiger charge is -2.31. The Hall–Kier alpha value is -7.33. The third kappa shape index (κ3) is 15.6. The Morgan fingerprint density at radius 1 is 0.720 bits per heavy atom. The first-order valence-electron chi connectivity index (χ1n) is 24.9. The van der Waals surface area contributed by atoms with Gasteiger partial charge >= 0.3 is 29.5 Å². The quantitative estimate of drug-likeness (QED) is 0.0383. The molecule has 2 aromatic carbocycles. The van der Waals surface area contributed by atoms with Crippen LogP contribution in [0.1, 0.15) is 100 Å². The van der Waals surface area contributed by atoms with Gasteiger partial charge in [0.05, 0.1) is 20.3 Å². The molecule has 6 rings (SSSR count). The zero-order valence-corrected chi connectivity index (χ0v) is 42.8. The maximum absolute atomic E-state index is 14.1. The van der Waals surface area contributed by atoms with E-state index in [1.807, 2.05) is 13.8 Å². The Kier molecular flexibility index (Phi) is 21.1. The summed E-state index contributed by atoms with van der Waals surface area (Å²) in [5.74, 6) is -5.42. The lowest BCUT2D eigenvalue weighted by Crippen LogP contribution is -2.50. The topological polar surface area (TPSA) is 239 Å². The Balaban J connectivity index is 1.11. The molecule has 0 saturated carbocycles. The molecule has 0 aliphatic carbocycles. The number of carbonyl (C=O) groups is 5. The molecule has 3 N–H and O–H groups in total. The van der Waals surface area contributed by atoms with Crippen LogP contribution in [0.25, 0.3) is 0 Å². The number of aromatic hydroxyl groups is 1. The van der Waals surface area contributed by atoms with E-state index in [1.165, 1.54) is 87.3 Å². The number of cyclic esters (lactones) is 2. The first-order valence-corrected chi connectivity index (χ1v) is 24.9. The zero-order chi connectivity index (χ0) is 54.0. The molecule has 2 saturated heterocycles. The van der Waals surface area contributed by atoms with Gasteiger partial charge in [-0.25, -0.2) is 28.1 Å². The standard InChI is InChI=1S/C53H64F2N4O16/c1-7-27-68-41-13-9-11-37(52(64)73-32(4)48(41)75-36-21-17-34(55)18-22-36)57-50(62)44-49(40(67-6)23-25-56-44)71-30-70-43(60)29-59-26-24-39(66-5)46(61)45(59)51(63)58-38-12-10-14-42(74-35-19-15-33(54)16-20-35)47(69-28-8-2)31(3)72-53(38)65/h15-26,31-32,37-38,41-42,47-48H,7-14,27-30H2,1-6H3,(H2-,57,58,61,62,63)/p+1. The minimum absolute atomic E-state index is 0.0275. The van der Waals surface area contributed by atoms with Crippen molar-refractivity contribution in [2.75, 3.05) is 34.2 Å². The number of ether oxygens (including phenoxy) is 10. The van der Waals surface area contributed by atoms with Crippen LogP contribution in [-0.4, -0.2) is 123 Å². The molecule has 0 bridgehead atoms. The van der Waals surface area contributed by atoms with Crippen LogP contribution in [0.2, 0.25) is 0 Å². The van der Waals surface area contributed by atoms with Crippen LogP contribution in [0, 0.1) is 11.6 Å². The van der Waals surface area contributed by atoms with E-state index in [0.717, 1.165) is 11.0 Å². The molecule has 0 spiro atoms. The van der Waals surface area contributed by atoms with Crippen LogP contribution in [-0.2, 0) is 44.6 Å². The van der Waals surface area contributed by atoms with Crippen LogP contribution in [0.15, 0.2) is 73.1 Å². The van der Waals surface area contributed by atoms with Gasteiger partial charge in [0.15, 0.2) is 35.2 Å². The molecule has 406 valence electrons. The fourth-order valence-electron chi connectivity index (χ4n) is 8.53. The highest BCUT2D eigenvalue weighted by atomic mass is 19.1. The summed E-state index contributed by atoms with van der Waals surface area (Å²) in [6.07, 6.45) is 1.41. The maximum atomic E-state index is 14.1. The van der Waals surface area contributed by atoms with Crippen molar-refractivity contribution in [3.8, 4) is 34.5 Å². The van der Waals surface area contributed by atoms with Crippen LogP contribution < -0.4 is 38.9 Å². The van der Waals surface area contributed by atoms with E-state index in [1.54, 1.807) is 13.8 Å². The number of carbonyl (C=O) groups excluding carboxylic acids is 5. The normalized spacial score (nSPS) is 22.2. The van der Waals surface area contributed by atoms with Crippen molar-refractivity contribution in [1.82, 2.24) is 15.6 Å². The molecule has 4 aromatic rings. The largest absolute Gasteiger partial charge is 0.500 e. The summed E-state index contributed by atoms with van der Waals surface area (Å²) in [7, 11) is 2.58. The van der Waals surface area contributed by atoms with Crippen molar-refractivity contribution in [3.63, 3.8) is 0 Å². The number of methoxy groups -OCH3 is 2. The number of hydrogen-bond donors (Lipinski definition) is 3. The number of nitrogens with zero attached hydrogens (tertiary/aromatic N) is 2. The highest BCUT2D eigenvalue weighted by molar-refractivity contribution is 5.98. The van der Waals surface area contributed by atoms with Crippen molar-refractivity contribution in [1.29, 1.82) is 0 Å². The number of esters is 3. The molecular formula is C53H65F2N4O16+. The number of hydrogen-bond acceptors (Lipinski definition) is 17. The van der Waals surface area contributed by atoms with Crippen molar-refractivity contribution in [2.24, 2.45) is 0 Å². The summed E-state index contributed by atoms with van der Waals surface area (Å²) in [5, 5.41) is 16.6. The van der Waals surface area contributed by atoms with E-state index in [4.69, 9.17) is 47.4 Å². The predicted molar refractivity (Wildman–Crippen MR) is 260 cm³/mol. The molecule has 2 aliphatic rings. The summed E-state index contributed by atoms with van der Waals surface area (Å²) in [6, 6.07) is 11.3. The highest BCUT2D eigenvalue weighted by Gasteiger charge is 2.40. The fourth-order valence-corrected chi connectivity index (χ4v) is 8.53. The third-order valence-electron chi connectivity index (χ3n) is 12.3. The molecular weight excluding hydrogens is 987 g/mol. The summed E-state index contributed by atoms with van der Waals surface area (Å²) in [5.41, 5.74) is -0.778. The van der Waals surface area contributed by atoms with Crippen LogP contribution >= 0.6 is 0 Å². The van der Waals surface area contributed by atoms with E-state index >= 15 is 0 Å². The van der Waals surface area contributed by atoms with Crippen molar-refractivity contribution < 1.29 is 89.8 Å². The van der Waals surface area contributed by atoms with Gasteiger partial charge in [-0.1, -0.05) is 13.8 Å². The molecule has 2 fully saturated rings. The van der Waals surface area contributed by atoms with Gasteiger partial charge in [0.2, 0.25) is 19.1 Å². The van der Waals surface area contributed by atoms with Crippen LogP contribution in [0.5, 0.6) is 34.5 Å². The molecule has 22 heteroatoms. The molecule has 2 aliphatic heterocycles. The van der Waals surface area contributed by atoms with Crippen molar-refractivity contribution in [2.45, 2.75) is 134 Å². The smallest absolute Gasteiger partial charge is 0.375 e. The first-order chi connectivity index (χ1) is 36.1. The summed E-state index contributed by atoms with van der Waals surface area (Å²) in [4.78, 5) is 73.0. The molecule has 2 aromatic heterocycles. The third-order valence-corrected chi connectivity index (χ3v) is 12.3. The lowest BCUT2D eigenvalue weighted by atomic mass is 10.0. The Morgan fingerprint density at radius 2 is 1.28 bits per heavy atom. The summed E-state index contributed by atoms with van der Waals surface area (Å²) < 4.78 is 86.6.